The van der Waals surface area contributed by atoms with Crippen molar-refractivity contribution in [2.75, 3.05) is 37.6 Å². The van der Waals surface area contributed by atoms with Gasteiger partial charge in [-0.3, -0.25) is 9.69 Å². The zero-order valence-corrected chi connectivity index (χ0v) is 13.8. The maximum absolute atomic E-state index is 11.8. The van der Waals surface area contributed by atoms with E-state index < -0.39 is 10.0 Å². The smallest absolute Gasteiger partial charge is 0.238 e. The number of sulfonamides is 1. The Morgan fingerprint density at radius 1 is 1.13 bits per heavy atom. The summed E-state index contributed by atoms with van der Waals surface area (Å²) in [5.74, 6) is 0.110. The van der Waals surface area contributed by atoms with Gasteiger partial charge >= 0.3 is 0 Å². The maximum atomic E-state index is 11.8. The zero-order valence-electron chi connectivity index (χ0n) is 12.9. The van der Waals surface area contributed by atoms with Crippen molar-refractivity contribution in [2.45, 2.75) is 23.8 Å². The van der Waals surface area contributed by atoms with Crippen LogP contribution in [0.3, 0.4) is 0 Å². The molecule has 0 spiro atoms. The first-order valence-corrected chi connectivity index (χ1v) is 9.36. The minimum atomic E-state index is -3.65. The minimum Gasteiger partial charge on any atom is -0.369 e. The van der Waals surface area contributed by atoms with Gasteiger partial charge in [-0.25, -0.2) is 13.6 Å². The summed E-state index contributed by atoms with van der Waals surface area (Å²) in [6.45, 7) is 3.70. The molecule has 3 rings (SSSR count). The van der Waals surface area contributed by atoms with Crippen molar-refractivity contribution in [3.63, 3.8) is 0 Å². The predicted octanol–water partition coefficient (Wildman–Crippen LogP) is -0.265. The van der Waals surface area contributed by atoms with Gasteiger partial charge in [-0.15, -0.1) is 0 Å². The number of nitrogens with zero attached hydrogens (tertiary/aromatic N) is 2. The average Bonchev–Trinajstić information content (AvgIpc) is 3.31. The quantitative estimate of drug-likeness (QED) is 0.771. The Labute approximate surface area is 136 Å². The number of primary sulfonamides is 1. The lowest BCUT2D eigenvalue weighted by Gasteiger charge is -2.35. The number of benzene rings is 1. The lowest BCUT2D eigenvalue weighted by molar-refractivity contribution is -0.122. The van der Waals surface area contributed by atoms with Crippen LogP contribution in [-0.4, -0.2) is 58.0 Å². The van der Waals surface area contributed by atoms with E-state index in [2.05, 4.69) is 15.1 Å². The molecular formula is C15H22N4O3S. The van der Waals surface area contributed by atoms with Crippen LogP contribution >= 0.6 is 0 Å². The van der Waals surface area contributed by atoms with Crippen LogP contribution in [0.1, 0.15) is 12.8 Å². The molecule has 1 aromatic carbocycles. The van der Waals surface area contributed by atoms with E-state index in [0.717, 1.165) is 44.7 Å². The number of nitrogens with one attached hydrogen (secondary N) is 1. The molecule has 126 valence electrons. The van der Waals surface area contributed by atoms with Crippen molar-refractivity contribution >= 4 is 21.6 Å². The number of rotatable bonds is 5. The number of amides is 1. The molecule has 0 radical (unpaired) electrons. The van der Waals surface area contributed by atoms with Gasteiger partial charge in [0.05, 0.1) is 11.4 Å². The van der Waals surface area contributed by atoms with Gasteiger partial charge in [0.25, 0.3) is 0 Å². The van der Waals surface area contributed by atoms with E-state index in [0.29, 0.717) is 12.6 Å². The third kappa shape index (κ3) is 4.43. The fourth-order valence-corrected chi connectivity index (χ4v) is 3.23. The molecule has 1 saturated heterocycles. The predicted molar refractivity (Wildman–Crippen MR) is 87.6 cm³/mol. The summed E-state index contributed by atoms with van der Waals surface area (Å²) in [4.78, 5) is 16.3. The topological polar surface area (TPSA) is 95.7 Å². The normalized spacial score (nSPS) is 19.6. The standard InChI is InChI=1S/C15H22N4O3S/c16-23(21,22)14-5-3-13(4-6-14)19-9-7-18(8-10-19)11-15(20)17-12-1-2-12/h3-6,12H,1-2,7-11H2,(H,17,20)(H2,16,21,22). The van der Waals surface area contributed by atoms with Crippen molar-refractivity contribution in [1.29, 1.82) is 0 Å². The first-order valence-electron chi connectivity index (χ1n) is 7.81. The van der Waals surface area contributed by atoms with Crippen molar-refractivity contribution < 1.29 is 13.2 Å². The van der Waals surface area contributed by atoms with E-state index in [-0.39, 0.29) is 10.8 Å². The fourth-order valence-electron chi connectivity index (χ4n) is 2.71. The van der Waals surface area contributed by atoms with Crippen molar-refractivity contribution in [2.24, 2.45) is 5.14 Å². The number of carbonyl (C=O) groups is 1. The largest absolute Gasteiger partial charge is 0.369 e. The molecular weight excluding hydrogens is 316 g/mol. The van der Waals surface area contributed by atoms with Crippen LogP contribution < -0.4 is 15.4 Å². The van der Waals surface area contributed by atoms with Gasteiger partial charge in [-0.05, 0) is 37.1 Å². The van der Waals surface area contributed by atoms with Crippen LogP contribution in [0.2, 0.25) is 0 Å². The Morgan fingerprint density at radius 2 is 1.74 bits per heavy atom. The van der Waals surface area contributed by atoms with E-state index in [1.165, 1.54) is 12.1 Å². The lowest BCUT2D eigenvalue weighted by atomic mass is 10.2. The number of anilines is 1. The molecule has 1 amide bonds. The summed E-state index contributed by atoms with van der Waals surface area (Å²) in [7, 11) is -3.65. The second-order valence-corrected chi connectivity index (χ2v) is 7.71. The Kier molecular flexibility index (Phi) is 4.56. The van der Waals surface area contributed by atoms with E-state index >= 15 is 0 Å². The number of hydrogen-bond acceptors (Lipinski definition) is 5. The molecule has 0 bridgehead atoms. The zero-order chi connectivity index (χ0) is 16.4. The van der Waals surface area contributed by atoms with Crippen LogP contribution in [0.5, 0.6) is 0 Å². The highest BCUT2D eigenvalue weighted by atomic mass is 32.2. The van der Waals surface area contributed by atoms with Crippen LogP contribution in [-0.2, 0) is 14.8 Å². The van der Waals surface area contributed by atoms with Gasteiger partial charge in [0, 0.05) is 37.9 Å². The molecule has 7 nitrogen and oxygen atoms in total. The summed E-state index contributed by atoms with van der Waals surface area (Å²) < 4.78 is 22.5. The van der Waals surface area contributed by atoms with E-state index in [1.807, 2.05) is 0 Å². The van der Waals surface area contributed by atoms with Crippen LogP contribution in [0.4, 0.5) is 5.69 Å². The lowest BCUT2D eigenvalue weighted by Crippen LogP contribution is -2.49. The van der Waals surface area contributed by atoms with Crippen molar-refractivity contribution in [3.05, 3.63) is 24.3 Å². The molecule has 1 aliphatic carbocycles. The molecule has 2 fully saturated rings. The van der Waals surface area contributed by atoms with E-state index in [4.69, 9.17) is 5.14 Å². The van der Waals surface area contributed by atoms with Crippen molar-refractivity contribution in [3.8, 4) is 0 Å². The molecule has 0 unspecified atom stereocenters. The Morgan fingerprint density at radius 3 is 2.26 bits per heavy atom. The number of hydrogen-bond donors (Lipinski definition) is 2. The van der Waals surface area contributed by atoms with Gasteiger partial charge in [-0.2, -0.15) is 0 Å². The summed E-state index contributed by atoms with van der Waals surface area (Å²) in [5, 5.41) is 8.10. The highest BCUT2D eigenvalue weighted by Gasteiger charge is 2.25. The first-order chi connectivity index (χ1) is 10.9. The highest BCUT2D eigenvalue weighted by molar-refractivity contribution is 7.89. The molecule has 1 saturated carbocycles. The van der Waals surface area contributed by atoms with Gasteiger partial charge in [0.1, 0.15) is 0 Å². The molecule has 8 heteroatoms. The van der Waals surface area contributed by atoms with Gasteiger partial charge < -0.3 is 10.2 Å². The number of carbonyl (C=O) groups excluding carboxylic acids is 1. The molecule has 3 N–H and O–H groups in total. The Hall–Kier alpha value is -1.64. The second-order valence-electron chi connectivity index (χ2n) is 6.14. The first kappa shape index (κ1) is 16.2. The highest BCUT2D eigenvalue weighted by Crippen LogP contribution is 2.20. The van der Waals surface area contributed by atoms with Crippen LogP contribution in [0.15, 0.2) is 29.2 Å². The Bertz CT molecular complexity index is 662. The van der Waals surface area contributed by atoms with E-state index in [1.54, 1.807) is 12.1 Å². The maximum Gasteiger partial charge on any atom is 0.238 e. The van der Waals surface area contributed by atoms with E-state index in [9.17, 15) is 13.2 Å². The van der Waals surface area contributed by atoms with Crippen molar-refractivity contribution in [1.82, 2.24) is 10.2 Å². The summed E-state index contributed by atoms with van der Waals surface area (Å²) in [6.07, 6.45) is 2.21. The van der Waals surface area contributed by atoms with Gasteiger partial charge in [0.15, 0.2) is 0 Å². The fraction of sp³-hybridized carbons (Fsp3) is 0.533. The molecule has 1 aromatic rings. The monoisotopic (exact) mass is 338 g/mol. The summed E-state index contributed by atoms with van der Waals surface area (Å²) in [5.41, 5.74) is 0.972. The summed E-state index contributed by atoms with van der Waals surface area (Å²) in [6, 6.07) is 7.01. The number of nitrogens with two attached hydrogens (primary N) is 1. The number of piperazine rings is 1. The molecule has 1 heterocycles. The Balaban J connectivity index is 1.51. The molecule has 1 aliphatic heterocycles. The minimum absolute atomic E-state index is 0.110. The SMILES string of the molecule is NS(=O)(=O)c1ccc(N2CCN(CC(=O)NC3CC3)CC2)cc1. The molecule has 0 atom stereocenters. The summed E-state index contributed by atoms with van der Waals surface area (Å²) >= 11 is 0. The third-order valence-corrected chi connectivity index (χ3v) is 5.14. The molecule has 23 heavy (non-hydrogen) atoms. The van der Waals surface area contributed by atoms with Crippen LogP contribution in [0.25, 0.3) is 0 Å². The van der Waals surface area contributed by atoms with Gasteiger partial charge in [-0.1, -0.05) is 0 Å². The van der Waals surface area contributed by atoms with Gasteiger partial charge in [0.2, 0.25) is 15.9 Å². The molecule has 0 aromatic heterocycles. The third-order valence-electron chi connectivity index (χ3n) is 4.21. The molecule has 2 aliphatic rings. The second kappa shape index (κ2) is 6.46. The average molecular weight is 338 g/mol. The van der Waals surface area contributed by atoms with Crippen LogP contribution in [0, 0.1) is 0 Å².